The van der Waals surface area contributed by atoms with Crippen molar-refractivity contribution in [3.63, 3.8) is 0 Å². The van der Waals surface area contributed by atoms with Crippen LogP contribution in [0.3, 0.4) is 0 Å². The normalized spacial score (nSPS) is 27.9. The van der Waals surface area contributed by atoms with E-state index in [2.05, 4.69) is 4.98 Å². The summed E-state index contributed by atoms with van der Waals surface area (Å²) in [5.41, 5.74) is 5.58. The minimum Gasteiger partial charge on any atom is -0.367 e. The van der Waals surface area contributed by atoms with Gasteiger partial charge in [-0.15, -0.1) is 36.2 Å². The van der Waals surface area contributed by atoms with Crippen LogP contribution in [0.2, 0.25) is 0 Å². The molecule has 22 heavy (non-hydrogen) atoms. The molecule has 126 valence electrons. The number of aromatic nitrogens is 1. The van der Waals surface area contributed by atoms with Crippen LogP contribution in [0.15, 0.2) is 11.6 Å². The van der Waals surface area contributed by atoms with E-state index in [4.69, 9.17) is 15.2 Å². The van der Waals surface area contributed by atoms with Crippen LogP contribution in [0.4, 0.5) is 0 Å². The van der Waals surface area contributed by atoms with E-state index in [1.807, 2.05) is 10.3 Å². The van der Waals surface area contributed by atoms with Crippen molar-refractivity contribution in [3.8, 4) is 0 Å². The quantitative estimate of drug-likeness (QED) is 0.870. The zero-order valence-electron chi connectivity index (χ0n) is 12.1. The third-order valence-corrected chi connectivity index (χ3v) is 4.62. The molecule has 2 aliphatic rings. The fourth-order valence-electron chi connectivity index (χ4n) is 2.66. The molecule has 9 heteroatoms. The van der Waals surface area contributed by atoms with E-state index in [9.17, 15) is 4.79 Å². The van der Waals surface area contributed by atoms with Gasteiger partial charge in [0.15, 0.2) is 0 Å². The molecular formula is C13H21Cl2N3O3S. The van der Waals surface area contributed by atoms with Gasteiger partial charge in [-0.05, 0) is 12.8 Å². The molecule has 0 aromatic carbocycles. The van der Waals surface area contributed by atoms with Crippen LogP contribution in [0.25, 0.3) is 0 Å². The first kappa shape index (κ1) is 19.6. The Morgan fingerprint density at radius 1 is 1.45 bits per heavy atom. The molecule has 0 bridgehead atoms. The van der Waals surface area contributed by atoms with Gasteiger partial charge in [-0.2, -0.15) is 0 Å². The zero-order valence-corrected chi connectivity index (χ0v) is 14.5. The van der Waals surface area contributed by atoms with Gasteiger partial charge in [-0.3, -0.25) is 4.79 Å². The van der Waals surface area contributed by atoms with Gasteiger partial charge in [-0.25, -0.2) is 4.98 Å². The molecule has 1 aromatic heterocycles. The van der Waals surface area contributed by atoms with Crippen molar-refractivity contribution in [2.75, 3.05) is 26.2 Å². The average Bonchev–Trinajstić information content (AvgIpc) is 3.17. The predicted octanol–water partition coefficient (Wildman–Crippen LogP) is 1.39. The smallest absolute Gasteiger partial charge is 0.251 e. The molecule has 3 heterocycles. The SMILES string of the molecule is Cl.Cl.NC[C@H]1CC[C@@H](C(=O)N2CCOC(c3nccs3)C2)O1. The number of carbonyl (C=O) groups excluding carboxylic acids is 1. The summed E-state index contributed by atoms with van der Waals surface area (Å²) in [6, 6.07) is 0. The van der Waals surface area contributed by atoms with Crippen molar-refractivity contribution in [3.05, 3.63) is 16.6 Å². The first-order valence-corrected chi connectivity index (χ1v) is 7.81. The molecule has 2 N–H and O–H groups in total. The number of ether oxygens (including phenoxy) is 2. The summed E-state index contributed by atoms with van der Waals surface area (Å²) in [5, 5.41) is 2.85. The fraction of sp³-hybridized carbons (Fsp3) is 0.692. The molecule has 1 amide bonds. The van der Waals surface area contributed by atoms with E-state index in [1.165, 1.54) is 0 Å². The van der Waals surface area contributed by atoms with E-state index < -0.39 is 0 Å². The van der Waals surface area contributed by atoms with Crippen molar-refractivity contribution in [2.24, 2.45) is 5.73 Å². The Balaban J connectivity index is 0.00000121. The highest BCUT2D eigenvalue weighted by molar-refractivity contribution is 7.09. The van der Waals surface area contributed by atoms with Gasteiger partial charge in [0, 0.05) is 24.7 Å². The molecule has 0 saturated carbocycles. The van der Waals surface area contributed by atoms with Crippen molar-refractivity contribution in [2.45, 2.75) is 31.2 Å². The number of hydrogen-bond donors (Lipinski definition) is 1. The fourth-order valence-corrected chi connectivity index (χ4v) is 3.33. The molecule has 0 aliphatic carbocycles. The molecular weight excluding hydrogens is 349 g/mol. The third-order valence-electron chi connectivity index (χ3n) is 3.75. The number of amides is 1. The third kappa shape index (κ3) is 4.31. The number of morpholine rings is 1. The lowest BCUT2D eigenvalue weighted by Crippen LogP contribution is -2.46. The first-order chi connectivity index (χ1) is 9.78. The molecule has 2 aliphatic heterocycles. The van der Waals surface area contributed by atoms with Gasteiger partial charge >= 0.3 is 0 Å². The Bertz CT molecular complexity index is 463. The summed E-state index contributed by atoms with van der Waals surface area (Å²) in [6.07, 6.45) is 2.97. The number of halogens is 2. The van der Waals surface area contributed by atoms with Gasteiger partial charge in [0.1, 0.15) is 17.2 Å². The number of hydrogen-bond acceptors (Lipinski definition) is 6. The molecule has 2 fully saturated rings. The van der Waals surface area contributed by atoms with E-state index in [-0.39, 0.29) is 49.0 Å². The monoisotopic (exact) mass is 369 g/mol. The zero-order chi connectivity index (χ0) is 13.9. The number of nitrogens with zero attached hydrogens (tertiary/aromatic N) is 2. The Labute approximate surface area is 146 Å². The molecule has 1 unspecified atom stereocenters. The standard InChI is InChI=1S/C13H19N3O3S.2ClH/c14-7-9-1-2-10(19-9)13(17)16-4-5-18-11(8-16)12-15-3-6-20-12;;/h3,6,9-11H,1-2,4-5,7-8,14H2;2*1H/t9-,10+,11?;;/m1../s1. The average molecular weight is 370 g/mol. The Hall–Kier alpha value is -0.440. The summed E-state index contributed by atoms with van der Waals surface area (Å²) in [4.78, 5) is 18.6. The van der Waals surface area contributed by atoms with Crippen LogP contribution < -0.4 is 5.73 Å². The maximum absolute atomic E-state index is 12.5. The topological polar surface area (TPSA) is 77.7 Å². The van der Waals surface area contributed by atoms with Crippen LogP contribution in [0.1, 0.15) is 24.0 Å². The second-order valence-corrected chi connectivity index (χ2v) is 6.00. The van der Waals surface area contributed by atoms with E-state index >= 15 is 0 Å². The lowest BCUT2D eigenvalue weighted by Gasteiger charge is -2.33. The summed E-state index contributed by atoms with van der Waals surface area (Å²) < 4.78 is 11.4. The predicted molar refractivity (Wildman–Crippen MR) is 88.8 cm³/mol. The van der Waals surface area contributed by atoms with Crippen LogP contribution in [0.5, 0.6) is 0 Å². The second kappa shape index (κ2) is 9.00. The molecule has 0 spiro atoms. The van der Waals surface area contributed by atoms with Crippen LogP contribution in [-0.4, -0.2) is 54.2 Å². The van der Waals surface area contributed by atoms with Gasteiger partial charge in [-0.1, -0.05) is 0 Å². The maximum atomic E-state index is 12.5. The van der Waals surface area contributed by atoms with Gasteiger partial charge in [0.05, 0.1) is 19.3 Å². The Kier molecular flexibility index (Phi) is 8.02. The molecule has 3 atom stereocenters. The molecule has 6 nitrogen and oxygen atoms in total. The van der Waals surface area contributed by atoms with E-state index in [1.54, 1.807) is 17.5 Å². The van der Waals surface area contributed by atoms with Crippen molar-refractivity contribution < 1.29 is 14.3 Å². The van der Waals surface area contributed by atoms with Crippen LogP contribution >= 0.6 is 36.2 Å². The second-order valence-electron chi connectivity index (χ2n) is 5.07. The van der Waals surface area contributed by atoms with Gasteiger partial charge in [0.2, 0.25) is 0 Å². The number of nitrogens with two attached hydrogens (primary N) is 1. The highest BCUT2D eigenvalue weighted by Crippen LogP contribution is 2.26. The molecule has 3 rings (SSSR count). The van der Waals surface area contributed by atoms with Crippen LogP contribution in [0, 0.1) is 0 Å². The number of carbonyl (C=O) groups is 1. The van der Waals surface area contributed by atoms with Gasteiger partial charge in [0.25, 0.3) is 5.91 Å². The molecule has 1 aromatic rings. The Morgan fingerprint density at radius 2 is 2.27 bits per heavy atom. The summed E-state index contributed by atoms with van der Waals surface area (Å²) in [7, 11) is 0. The maximum Gasteiger partial charge on any atom is 0.251 e. The largest absolute Gasteiger partial charge is 0.367 e. The summed E-state index contributed by atoms with van der Waals surface area (Å²) in [5.74, 6) is 0.0609. The minimum absolute atomic E-state index is 0. The Morgan fingerprint density at radius 3 is 2.91 bits per heavy atom. The summed E-state index contributed by atoms with van der Waals surface area (Å²) in [6.45, 7) is 2.20. The lowest BCUT2D eigenvalue weighted by molar-refractivity contribution is -0.150. The van der Waals surface area contributed by atoms with Crippen molar-refractivity contribution in [1.82, 2.24) is 9.88 Å². The first-order valence-electron chi connectivity index (χ1n) is 6.93. The van der Waals surface area contributed by atoms with Crippen molar-refractivity contribution in [1.29, 1.82) is 0 Å². The van der Waals surface area contributed by atoms with Crippen molar-refractivity contribution >= 4 is 42.1 Å². The molecule has 0 radical (unpaired) electrons. The minimum atomic E-state index is -0.335. The number of thiazole rings is 1. The number of rotatable bonds is 3. The summed E-state index contributed by atoms with van der Waals surface area (Å²) >= 11 is 1.56. The van der Waals surface area contributed by atoms with Crippen LogP contribution in [-0.2, 0) is 14.3 Å². The van der Waals surface area contributed by atoms with E-state index in [0.717, 1.165) is 17.8 Å². The lowest BCUT2D eigenvalue weighted by atomic mass is 10.1. The highest BCUT2D eigenvalue weighted by Gasteiger charge is 2.35. The molecule has 2 saturated heterocycles. The van der Waals surface area contributed by atoms with Gasteiger partial charge < -0.3 is 20.1 Å². The van der Waals surface area contributed by atoms with E-state index in [0.29, 0.717) is 26.2 Å². The highest BCUT2D eigenvalue weighted by atomic mass is 35.5.